The molecule has 1 rings (SSSR count). The van der Waals surface area contributed by atoms with Gasteiger partial charge in [-0.25, -0.2) is 0 Å². The van der Waals surface area contributed by atoms with Gasteiger partial charge in [0, 0.05) is 169 Å². The molecule has 0 atom stereocenters. The zero-order chi connectivity index (χ0) is 22.9. The maximum absolute atomic E-state index is 5.81. The van der Waals surface area contributed by atoms with E-state index in [0.29, 0.717) is 5.88 Å². The summed E-state index contributed by atoms with van der Waals surface area (Å²) in [5, 5.41) is 9.33. The van der Waals surface area contributed by atoms with E-state index >= 15 is 0 Å². The lowest BCUT2D eigenvalue weighted by atomic mass is 8.36. The Balaban J connectivity index is 0.000000929. The van der Waals surface area contributed by atoms with Gasteiger partial charge in [-0.15, -0.1) is 5.10 Å². The number of nitrogens with one attached hydrogen (secondary N) is 1. The molecular weight excluding hydrogens is 332 g/mol. The Morgan fingerprint density at radius 3 is 1.07 bits per heavy atom. The van der Waals surface area contributed by atoms with E-state index in [1.54, 1.807) is 7.05 Å². The minimum absolute atomic E-state index is 0.583. The summed E-state index contributed by atoms with van der Waals surface area (Å²) in [7, 11) is 71.4. The molecule has 0 unspecified atom stereocenters. The third-order valence-electron chi connectivity index (χ3n) is 4.61. The minimum atomic E-state index is -0.926. The van der Waals surface area contributed by atoms with Crippen LogP contribution in [-0.4, -0.2) is 174 Å². The summed E-state index contributed by atoms with van der Waals surface area (Å²) in [6.45, 7) is 0. The Labute approximate surface area is 195 Å². The van der Waals surface area contributed by atoms with Crippen LogP contribution in [0, 0.1) is 0 Å². The van der Waals surface area contributed by atoms with Crippen LogP contribution >= 0.6 is 0 Å². The molecule has 24 radical (unpaired) electrons. The largest absolute Gasteiger partial charge is 0.356 e. The number of hydrogen-bond donors (Lipinski definition) is 1. The van der Waals surface area contributed by atoms with E-state index < -0.39 is 63.9 Å². The Morgan fingerprint density at radius 1 is 0.621 bits per heavy atom. The molecule has 0 saturated heterocycles. The molecule has 26 heteroatoms. The van der Waals surface area contributed by atoms with Gasteiger partial charge in [-0.3, -0.25) is 0 Å². The van der Waals surface area contributed by atoms with Crippen molar-refractivity contribution in [2.75, 3.05) is 12.4 Å². The fourth-order valence-electron chi connectivity index (χ4n) is 3.36. The van der Waals surface area contributed by atoms with Crippen molar-refractivity contribution in [1.29, 1.82) is 0 Å². The molecule has 29 heavy (non-hydrogen) atoms. The van der Waals surface area contributed by atoms with E-state index in [9.17, 15) is 0 Å². The van der Waals surface area contributed by atoms with Crippen LogP contribution in [0.15, 0.2) is 10.7 Å². The van der Waals surface area contributed by atoms with E-state index in [-0.39, 0.29) is 0 Å². The third kappa shape index (κ3) is 9.58. The number of rotatable bonds is 10. The van der Waals surface area contributed by atoms with Gasteiger partial charge in [0.2, 0.25) is 5.88 Å². The van der Waals surface area contributed by atoms with Gasteiger partial charge >= 0.3 is 0 Å². The minimum Gasteiger partial charge on any atom is -0.356 e. The highest BCUT2D eigenvalue weighted by Crippen LogP contribution is 2.08. The highest BCUT2D eigenvalue weighted by atomic mass is 16.5. The monoisotopic (exact) mass is 341 g/mol. The summed E-state index contributed by atoms with van der Waals surface area (Å²) in [6.07, 6.45) is -6.84. The summed E-state index contributed by atoms with van der Waals surface area (Å²) in [5.41, 5.74) is 0. The van der Waals surface area contributed by atoms with Crippen molar-refractivity contribution >= 4 is 163 Å². The average Bonchev–Trinajstić information content (AvgIpc) is 3.06. The summed E-state index contributed by atoms with van der Waals surface area (Å²) in [4.78, 5) is 0. The van der Waals surface area contributed by atoms with Crippen molar-refractivity contribution in [2.45, 2.75) is 0 Å². The van der Waals surface area contributed by atoms with Gasteiger partial charge in [-0.1, -0.05) is 0 Å². The van der Waals surface area contributed by atoms with Crippen molar-refractivity contribution in [2.24, 2.45) is 0 Å². The first-order chi connectivity index (χ1) is 13.4. The van der Waals surface area contributed by atoms with Crippen molar-refractivity contribution in [3.63, 3.8) is 0 Å². The van der Waals surface area contributed by atoms with Crippen LogP contribution in [0.4, 0.5) is 5.88 Å². The zero-order valence-corrected chi connectivity index (χ0v) is 16.6. The number of hydrogen-bond acceptors (Lipinski definition) is 4. The molecule has 0 aliphatic heterocycles. The van der Waals surface area contributed by atoms with Gasteiger partial charge in [-0.2, -0.15) is 0 Å². The maximum atomic E-state index is 5.81. The number of nitrogens with zero attached hydrogens (tertiary/aromatic N) is 2. The molecule has 0 spiro atoms. The van der Waals surface area contributed by atoms with E-state index in [2.05, 4.69) is 20.2 Å². The van der Waals surface area contributed by atoms with Gasteiger partial charge in [-0.05, 0) is 0 Å². The predicted molar refractivity (Wildman–Crippen MR) is 150 cm³/mol. The van der Waals surface area contributed by atoms with Gasteiger partial charge in [0.15, 0.2) is 0 Å². The smallest absolute Gasteiger partial charge is 0.245 e. The lowest BCUT2D eigenvalue weighted by molar-refractivity contribution is 0.405. The van der Waals surface area contributed by atoms with Gasteiger partial charge in [0.25, 0.3) is 0 Å². The van der Waals surface area contributed by atoms with E-state index in [1.807, 2.05) is 0 Å². The van der Waals surface area contributed by atoms with Crippen LogP contribution in [-0.2, 0) is 0 Å². The molecule has 1 heterocycles. The molecular formula is C3H5B22N3O. The highest BCUT2D eigenvalue weighted by Gasteiger charge is 2.46. The van der Waals surface area contributed by atoms with Gasteiger partial charge in [0.05, 0.1) is 0 Å². The second-order valence-electron chi connectivity index (χ2n) is 6.81. The second kappa shape index (κ2) is 14.4. The first kappa shape index (κ1) is 29.4. The predicted octanol–water partition coefficient (Wildman–Crippen LogP) is -8.27. The summed E-state index contributed by atoms with van der Waals surface area (Å²) >= 11 is 0. The molecule has 0 amide bonds. The van der Waals surface area contributed by atoms with Crippen molar-refractivity contribution in [3.8, 4) is 0 Å². The Bertz CT molecular complexity index is 448. The van der Waals surface area contributed by atoms with Crippen LogP contribution in [0.5, 0.6) is 0 Å². The third-order valence-corrected chi connectivity index (χ3v) is 4.61. The zero-order valence-electron chi connectivity index (χ0n) is 16.6. The average molecular weight is 337 g/mol. The normalized spacial score (nSPS) is 9.14. The molecule has 1 aromatic heterocycles. The van der Waals surface area contributed by atoms with Gasteiger partial charge in [0.1, 0.15) is 6.20 Å². The van der Waals surface area contributed by atoms with E-state index in [0.717, 1.165) is 0 Å². The van der Waals surface area contributed by atoms with Crippen LogP contribution in [0.1, 0.15) is 0 Å². The lowest BCUT2D eigenvalue weighted by Crippen LogP contribution is -2.83. The van der Waals surface area contributed by atoms with E-state index in [4.69, 9.17) is 92.8 Å². The molecule has 1 N–H and O–H groups in total. The first-order valence-corrected chi connectivity index (χ1v) is 8.88. The van der Waals surface area contributed by atoms with Crippen LogP contribution in [0.25, 0.3) is 0 Å². The molecule has 0 aliphatic rings. The summed E-state index contributed by atoms with van der Waals surface area (Å²) in [6, 6.07) is 0. The Morgan fingerprint density at radius 2 is 0.931 bits per heavy atom. The fourth-order valence-corrected chi connectivity index (χ4v) is 3.36. The Kier molecular flexibility index (Phi) is 14.6. The molecule has 4 nitrogen and oxygen atoms in total. The van der Waals surface area contributed by atoms with Crippen molar-refractivity contribution < 1.29 is 4.52 Å². The second-order valence-corrected chi connectivity index (χ2v) is 6.81. The molecule has 0 aromatic carbocycles. The standard InChI is InChI=1S/C3H5N3O.B22/c1-4-3-2-5-6-7-3;1-13(2)19(14(3)4)22(20(15(5)6)16(7)8)21(17(9)10)18(11)12/h2,4H,1H3;. The molecule has 0 fully saturated rings. The Hall–Kier alpha value is 0.369. The van der Waals surface area contributed by atoms with Crippen molar-refractivity contribution in [3.05, 3.63) is 6.20 Å². The molecule has 0 bridgehead atoms. The highest BCUT2D eigenvalue weighted by molar-refractivity contribution is 8.22. The van der Waals surface area contributed by atoms with Crippen LogP contribution in [0.3, 0.4) is 0 Å². The van der Waals surface area contributed by atoms with Crippen LogP contribution in [0.2, 0.25) is 0 Å². The van der Waals surface area contributed by atoms with E-state index in [1.165, 1.54) is 6.20 Å². The summed E-state index contributed by atoms with van der Waals surface area (Å²) in [5.74, 6) is 0.583. The van der Waals surface area contributed by atoms with Crippen molar-refractivity contribution in [1.82, 2.24) is 10.4 Å². The van der Waals surface area contributed by atoms with Crippen LogP contribution < -0.4 is 5.32 Å². The molecule has 104 valence electrons. The lowest BCUT2D eigenvalue weighted by Gasteiger charge is -2.45. The number of aromatic nitrogens is 2. The first-order valence-electron chi connectivity index (χ1n) is 8.88. The molecule has 1 aromatic rings. The quantitative estimate of drug-likeness (QED) is 0.431. The fraction of sp³-hybridized carbons (Fsp3) is 0.333. The van der Waals surface area contributed by atoms with Gasteiger partial charge < -0.3 is 9.84 Å². The summed E-state index contributed by atoms with van der Waals surface area (Å²) < 4.78 is 4.51. The molecule has 0 saturated carbocycles. The maximum Gasteiger partial charge on any atom is 0.245 e. The topological polar surface area (TPSA) is 51.0 Å². The molecule has 0 aliphatic carbocycles. The SMILES string of the molecule is CNc1cnno1.[B]B([B])B(B([B])[B])B(B(B([B])[B])B([B])[B])B(B([B])[B])B([B])[B]. The number of anilines is 1.